The van der Waals surface area contributed by atoms with E-state index in [0.29, 0.717) is 42.5 Å². The Hall–Kier alpha value is -3.62. The third-order valence-electron chi connectivity index (χ3n) is 5.39. The van der Waals surface area contributed by atoms with Crippen LogP contribution >= 0.6 is 0 Å². The summed E-state index contributed by atoms with van der Waals surface area (Å²) < 4.78 is 32.2. The Bertz CT molecular complexity index is 1150. The number of hydrogen-bond donors (Lipinski definition) is 1. The van der Waals surface area contributed by atoms with Crippen molar-refractivity contribution in [2.75, 3.05) is 18.4 Å². The number of hydrogen-bond acceptors (Lipinski definition) is 5. The number of halogens is 2. The zero-order chi connectivity index (χ0) is 22.7. The Morgan fingerprint density at radius 2 is 2.03 bits per heavy atom. The predicted octanol–water partition coefficient (Wildman–Crippen LogP) is 4.38. The van der Waals surface area contributed by atoms with E-state index >= 15 is 0 Å². The third-order valence-corrected chi connectivity index (χ3v) is 5.39. The summed E-state index contributed by atoms with van der Waals surface area (Å²) in [5.41, 5.74) is 1.43. The maximum atomic E-state index is 13.5. The summed E-state index contributed by atoms with van der Waals surface area (Å²) in [6, 6.07) is 10.3. The molecular weight excluding hydrogens is 418 g/mol. The van der Waals surface area contributed by atoms with Crippen LogP contribution in [0.3, 0.4) is 0 Å². The van der Waals surface area contributed by atoms with Crippen molar-refractivity contribution in [1.29, 1.82) is 0 Å². The van der Waals surface area contributed by atoms with E-state index in [4.69, 9.17) is 4.52 Å². The van der Waals surface area contributed by atoms with Crippen LogP contribution in [0.2, 0.25) is 0 Å². The number of likely N-dealkylation sites (tertiary alicyclic amines) is 1. The van der Waals surface area contributed by atoms with Crippen molar-refractivity contribution >= 4 is 17.5 Å². The van der Waals surface area contributed by atoms with Crippen LogP contribution in [0.15, 0.2) is 47.0 Å². The molecule has 0 aliphatic carbocycles. The highest BCUT2D eigenvalue weighted by atomic mass is 19.2. The molecule has 0 unspecified atom stereocenters. The minimum absolute atomic E-state index is 0.0936. The first-order valence-electron chi connectivity index (χ1n) is 10.4. The lowest BCUT2D eigenvalue weighted by atomic mass is 9.97. The van der Waals surface area contributed by atoms with E-state index in [1.807, 2.05) is 6.07 Å². The first kappa shape index (κ1) is 21.6. The summed E-state index contributed by atoms with van der Waals surface area (Å²) in [6.45, 7) is 2.62. The maximum absolute atomic E-state index is 13.5. The average molecular weight is 440 g/mol. The number of nitrogens with zero attached hydrogens (tertiary/aromatic N) is 3. The smallest absolute Gasteiger partial charge is 0.253 e. The van der Waals surface area contributed by atoms with Gasteiger partial charge in [0.1, 0.15) is 0 Å². The third kappa shape index (κ3) is 4.66. The molecule has 166 valence electrons. The molecule has 1 atom stereocenters. The normalized spacial score (nSPS) is 16.1. The lowest BCUT2D eigenvalue weighted by Crippen LogP contribution is -2.39. The predicted molar refractivity (Wildman–Crippen MR) is 113 cm³/mol. The van der Waals surface area contributed by atoms with Gasteiger partial charge in [-0.3, -0.25) is 9.59 Å². The molecule has 0 spiro atoms. The summed E-state index contributed by atoms with van der Waals surface area (Å²) >= 11 is 0. The minimum atomic E-state index is -1.05. The molecule has 9 heteroatoms. The topological polar surface area (TPSA) is 88.3 Å². The second-order valence-corrected chi connectivity index (χ2v) is 7.66. The van der Waals surface area contributed by atoms with Gasteiger partial charge < -0.3 is 14.7 Å². The molecule has 3 aromatic rings. The molecule has 1 saturated heterocycles. The van der Waals surface area contributed by atoms with Gasteiger partial charge in [0, 0.05) is 36.3 Å². The number of amides is 2. The molecule has 1 fully saturated rings. The van der Waals surface area contributed by atoms with Gasteiger partial charge in [0.2, 0.25) is 17.6 Å². The Kier molecular flexibility index (Phi) is 6.25. The van der Waals surface area contributed by atoms with Crippen molar-refractivity contribution in [1.82, 2.24) is 15.0 Å². The summed E-state index contributed by atoms with van der Waals surface area (Å²) in [7, 11) is 0. The molecule has 0 bridgehead atoms. The van der Waals surface area contributed by atoms with Gasteiger partial charge in [0.05, 0.1) is 5.92 Å². The van der Waals surface area contributed by atoms with Crippen LogP contribution < -0.4 is 5.32 Å². The number of benzene rings is 2. The summed E-state index contributed by atoms with van der Waals surface area (Å²) in [5.74, 6) is -1.88. The first-order valence-corrected chi connectivity index (χ1v) is 10.4. The molecule has 1 aromatic heterocycles. The van der Waals surface area contributed by atoms with Gasteiger partial charge in [-0.15, -0.1) is 0 Å². The van der Waals surface area contributed by atoms with Gasteiger partial charge in [0.15, 0.2) is 11.6 Å². The Labute approximate surface area is 183 Å². The molecule has 2 heterocycles. The molecule has 4 rings (SSSR count). The molecule has 0 saturated carbocycles. The Balaban J connectivity index is 1.48. The fourth-order valence-electron chi connectivity index (χ4n) is 3.68. The van der Waals surface area contributed by atoms with Gasteiger partial charge in [0.25, 0.3) is 5.91 Å². The van der Waals surface area contributed by atoms with Crippen molar-refractivity contribution < 1.29 is 22.9 Å². The number of rotatable bonds is 5. The summed E-state index contributed by atoms with van der Waals surface area (Å²) in [6.07, 6.45) is 1.85. The maximum Gasteiger partial charge on any atom is 0.253 e. The van der Waals surface area contributed by atoms with E-state index in [-0.39, 0.29) is 23.3 Å². The highest BCUT2D eigenvalue weighted by molar-refractivity contribution is 5.94. The zero-order valence-electron chi connectivity index (χ0n) is 17.5. The fraction of sp³-hybridized carbons (Fsp3) is 0.304. The van der Waals surface area contributed by atoms with Crippen LogP contribution in [-0.2, 0) is 4.79 Å². The molecule has 1 N–H and O–H groups in total. The molecule has 1 aliphatic heterocycles. The number of aromatic nitrogens is 2. The molecule has 32 heavy (non-hydrogen) atoms. The van der Waals surface area contributed by atoms with Crippen molar-refractivity contribution in [3.63, 3.8) is 0 Å². The van der Waals surface area contributed by atoms with E-state index in [2.05, 4.69) is 15.5 Å². The monoisotopic (exact) mass is 440 g/mol. The molecule has 1 aliphatic rings. The largest absolute Gasteiger partial charge is 0.339 e. The quantitative estimate of drug-likeness (QED) is 0.636. The molecule has 2 amide bonds. The highest BCUT2D eigenvalue weighted by Gasteiger charge is 2.29. The SMILES string of the molecule is CCC(=O)Nc1cccc(-c2noc([C@H]3CCCN(C(=O)c4ccc(F)c(F)c4)C3)n2)c1. The van der Waals surface area contributed by atoms with Crippen molar-refractivity contribution in [2.24, 2.45) is 0 Å². The van der Waals surface area contributed by atoms with E-state index in [0.717, 1.165) is 25.0 Å². The standard InChI is InChI=1S/C23H22F2N4O3/c1-2-20(30)26-17-7-3-5-14(11-17)21-27-22(32-28-21)16-6-4-10-29(13-16)23(31)15-8-9-18(24)19(25)12-15/h3,5,7-9,11-12,16H,2,4,6,10,13H2,1H3,(H,26,30)/t16-/m0/s1. The highest BCUT2D eigenvalue weighted by Crippen LogP contribution is 2.29. The van der Waals surface area contributed by atoms with Crippen LogP contribution in [0.25, 0.3) is 11.4 Å². The molecule has 0 radical (unpaired) electrons. The van der Waals surface area contributed by atoms with Crippen LogP contribution in [0.4, 0.5) is 14.5 Å². The minimum Gasteiger partial charge on any atom is -0.339 e. The molecule has 2 aromatic carbocycles. The summed E-state index contributed by atoms with van der Waals surface area (Å²) in [5, 5.41) is 6.85. The van der Waals surface area contributed by atoms with Gasteiger partial charge in [-0.25, -0.2) is 8.78 Å². The van der Waals surface area contributed by atoms with E-state index in [9.17, 15) is 18.4 Å². The van der Waals surface area contributed by atoms with Gasteiger partial charge in [-0.1, -0.05) is 24.2 Å². The van der Waals surface area contributed by atoms with E-state index < -0.39 is 11.6 Å². The van der Waals surface area contributed by atoms with Gasteiger partial charge in [-0.2, -0.15) is 4.98 Å². The summed E-state index contributed by atoms with van der Waals surface area (Å²) in [4.78, 5) is 30.5. The second kappa shape index (κ2) is 9.25. The van der Waals surface area contributed by atoms with Crippen molar-refractivity contribution in [2.45, 2.75) is 32.1 Å². The Morgan fingerprint density at radius 3 is 2.81 bits per heavy atom. The van der Waals surface area contributed by atoms with Crippen LogP contribution in [0, 0.1) is 11.6 Å². The van der Waals surface area contributed by atoms with Gasteiger partial charge in [-0.05, 0) is 43.2 Å². The lowest BCUT2D eigenvalue weighted by molar-refractivity contribution is -0.115. The number of piperidine rings is 1. The Morgan fingerprint density at radius 1 is 1.19 bits per heavy atom. The number of carbonyl (C=O) groups is 2. The fourth-order valence-corrected chi connectivity index (χ4v) is 3.68. The molecule has 7 nitrogen and oxygen atoms in total. The van der Waals surface area contributed by atoms with Crippen LogP contribution in [-0.4, -0.2) is 39.9 Å². The number of carbonyl (C=O) groups excluding carboxylic acids is 2. The van der Waals surface area contributed by atoms with Crippen molar-refractivity contribution in [3.05, 3.63) is 65.6 Å². The first-order chi connectivity index (χ1) is 15.4. The van der Waals surface area contributed by atoms with Crippen LogP contribution in [0.1, 0.15) is 48.4 Å². The zero-order valence-corrected chi connectivity index (χ0v) is 17.5. The lowest BCUT2D eigenvalue weighted by Gasteiger charge is -2.31. The van der Waals surface area contributed by atoms with Crippen LogP contribution in [0.5, 0.6) is 0 Å². The van der Waals surface area contributed by atoms with Gasteiger partial charge >= 0.3 is 0 Å². The van der Waals surface area contributed by atoms with E-state index in [1.54, 1.807) is 30.0 Å². The number of nitrogens with one attached hydrogen (secondary N) is 1. The van der Waals surface area contributed by atoms with E-state index in [1.165, 1.54) is 6.07 Å². The number of anilines is 1. The van der Waals surface area contributed by atoms with Crippen molar-refractivity contribution in [3.8, 4) is 11.4 Å². The average Bonchev–Trinajstić information content (AvgIpc) is 3.31. The molecular formula is C23H22F2N4O3. The second-order valence-electron chi connectivity index (χ2n) is 7.66.